The molecule has 0 spiro atoms. The van der Waals surface area contributed by atoms with Gasteiger partial charge in [0.25, 0.3) is 11.1 Å². The molecule has 4 aromatic heterocycles. The van der Waals surface area contributed by atoms with E-state index in [1.807, 2.05) is 83.6 Å². The Balaban J connectivity index is 1.22. The van der Waals surface area contributed by atoms with Crippen molar-refractivity contribution in [2.45, 2.75) is 6.42 Å². The van der Waals surface area contributed by atoms with Crippen LogP contribution in [-0.2, 0) is 0 Å². The number of hydrogen-bond acceptors (Lipinski definition) is 8. The highest BCUT2D eigenvalue weighted by atomic mass is 32.1. The number of para-hydroxylation sites is 2. The predicted octanol–water partition coefficient (Wildman–Crippen LogP) is 5.12. The van der Waals surface area contributed by atoms with Gasteiger partial charge in [0.05, 0.1) is 22.1 Å². The van der Waals surface area contributed by atoms with Gasteiger partial charge in [-0.05, 0) is 53.6 Å². The quantitative estimate of drug-likeness (QED) is 0.267. The third-order valence-electron chi connectivity index (χ3n) is 5.94. The van der Waals surface area contributed by atoms with E-state index in [1.54, 1.807) is 9.13 Å². The summed E-state index contributed by atoms with van der Waals surface area (Å²) >= 11 is 2.89. The number of hydrogen-bond donors (Lipinski definition) is 2. The van der Waals surface area contributed by atoms with E-state index in [4.69, 9.17) is 9.97 Å². The van der Waals surface area contributed by atoms with Crippen molar-refractivity contribution in [2.24, 2.45) is 0 Å². The van der Waals surface area contributed by atoms with E-state index >= 15 is 0 Å². The number of benzene rings is 2. The second kappa shape index (κ2) is 10.00. The Morgan fingerprint density at radius 2 is 1.05 bits per heavy atom. The Kier molecular flexibility index (Phi) is 6.25. The molecule has 0 fully saturated rings. The molecule has 0 aliphatic heterocycles. The van der Waals surface area contributed by atoms with E-state index in [0.29, 0.717) is 51.8 Å². The van der Waals surface area contributed by atoms with E-state index in [2.05, 4.69) is 10.6 Å². The van der Waals surface area contributed by atoms with Crippen LogP contribution in [0.1, 0.15) is 6.42 Å². The van der Waals surface area contributed by atoms with Gasteiger partial charge < -0.3 is 10.6 Å². The van der Waals surface area contributed by atoms with Gasteiger partial charge >= 0.3 is 0 Å². The lowest BCUT2D eigenvalue weighted by atomic mass is 10.3. The number of thiophene rings is 2. The minimum absolute atomic E-state index is 0.0987. The van der Waals surface area contributed by atoms with E-state index < -0.39 is 0 Å². The Hall–Kier alpha value is -4.28. The van der Waals surface area contributed by atoms with Crippen LogP contribution >= 0.6 is 22.7 Å². The van der Waals surface area contributed by atoms with Gasteiger partial charge in [-0.3, -0.25) is 9.59 Å². The molecular weight excluding hydrogens is 504 g/mol. The summed E-state index contributed by atoms with van der Waals surface area (Å²) in [5, 5.41) is 11.6. The molecule has 37 heavy (non-hydrogen) atoms. The van der Waals surface area contributed by atoms with Gasteiger partial charge in [0, 0.05) is 13.1 Å². The number of rotatable bonds is 8. The van der Waals surface area contributed by atoms with Gasteiger partial charge in [-0.2, -0.15) is 0 Å². The number of fused-ring (bicyclic) bond motifs is 2. The maximum atomic E-state index is 13.2. The molecule has 0 saturated carbocycles. The summed E-state index contributed by atoms with van der Waals surface area (Å²) in [6, 6.07) is 22.6. The summed E-state index contributed by atoms with van der Waals surface area (Å²) < 4.78 is 3.23. The Labute approximate surface area is 219 Å². The van der Waals surface area contributed by atoms with Gasteiger partial charge in [0.15, 0.2) is 0 Å². The Morgan fingerprint density at radius 1 is 0.622 bits per heavy atom. The van der Waals surface area contributed by atoms with E-state index in [9.17, 15) is 9.59 Å². The average molecular weight is 527 g/mol. The zero-order chi connectivity index (χ0) is 25.2. The third kappa shape index (κ3) is 4.41. The molecule has 10 heteroatoms. The lowest BCUT2D eigenvalue weighted by Crippen LogP contribution is -2.25. The number of nitrogens with zero attached hydrogens (tertiary/aromatic N) is 4. The first-order chi connectivity index (χ1) is 18.2. The van der Waals surface area contributed by atoms with E-state index in [-0.39, 0.29) is 11.1 Å². The van der Waals surface area contributed by atoms with Crippen molar-refractivity contribution < 1.29 is 0 Å². The average Bonchev–Trinajstić information content (AvgIpc) is 3.60. The Bertz CT molecular complexity index is 1670. The van der Waals surface area contributed by atoms with Crippen molar-refractivity contribution in [3.8, 4) is 11.4 Å². The van der Waals surface area contributed by atoms with Crippen molar-refractivity contribution in [1.82, 2.24) is 19.1 Å². The molecule has 0 unspecified atom stereocenters. The summed E-state index contributed by atoms with van der Waals surface area (Å²) in [4.78, 5) is 37.3. The maximum Gasteiger partial charge on any atom is 0.268 e. The fourth-order valence-corrected chi connectivity index (χ4v) is 5.70. The molecule has 6 rings (SSSR count). The van der Waals surface area contributed by atoms with Crippen molar-refractivity contribution >= 4 is 55.0 Å². The monoisotopic (exact) mass is 526 g/mol. The summed E-state index contributed by atoms with van der Waals surface area (Å²) in [6.07, 6.45) is 0.709. The lowest BCUT2D eigenvalue weighted by molar-refractivity contribution is 0.853. The van der Waals surface area contributed by atoms with Gasteiger partial charge in [0.2, 0.25) is 11.9 Å². The van der Waals surface area contributed by atoms with Crippen LogP contribution in [-0.4, -0.2) is 32.2 Å². The maximum absolute atomic E-state index is 13.2. The van der Waals surface area contributed by atoms with Gasteiger partial charge in [-0.15, -0.1) is 22.7 Å². The molecule has 0 bridgehead atoms. The molecule has 6 aromatic rings. The smallest absolute Gasteiger partial charge is 0.268 e. The van der Waals surface area contributed by atoms with Crippen LogP contribution < -0.4 is 21.8 Å². The number of nitrogens with one attached hydrogen (secondary N) is 2. The normalized spacial score (nSPS) is 11.2. The van der Waals surface area contributed by atoms with Crippen LogP contribution in [0.25, 0.3) is 31.8 Å². The zero-order valence-corrected chi connectivity index (χ0v) is 21.3. The summed E-state index contributed by atoms with van der Waals surface area (Å²) in [7, 11) is 0. The van der Waals surface area contributed by atoms with Crippen LogP contribution in [0.5, 0.6) is 0 Å². The second-order valence-corrected chi connectivity index (χ2v) is 10.1. The predicted molar refractivity (Wildman–Crippen MR) is 152 cm³/mol. The van der Waals surface area contributed by atoms with Gasteiger partial charge in [-0.25, -0.2) is 19.1 Å². The van der Waals surface area contributed by atoms with Crippen LogP contribution in [0.3, 0.4) is 0 Å². The minimum atomic E-state index is -0.0987. The fourth-order valence-electron chi connectivity index (χ4n) is 4.19. The first kappa shape index (κ1) is 23.1. The van der Waals surface area contributed by atoms with Crippen LogP contribution in [0.4, 0.5) is 11.9 Å². The largest absolute Gasteiger partial charge is 0.355 e. The first-order valence-corrected chi connectivity index (χ1v) is 13.6. The summed E-state index contributed by atoms with van der Waals surface area (Å²) in [6.45, 7) is 1.14. The van der Waals surface area contributed by atoms with Crippen LogP contribution in [0.15, 0.2) is 93.1 Å². The molecule has 0 saturated heterocycles. The molecule has 2 aromatic carbocycles. The molecule has 184 valence electrons. The Morgan fingerprint density at radius 3 is 1.49 bits per heavy atom. The topological polar surface area (TPSA) is 93.8 Å². The first-order valence-electron chi connectivity index (χ1n) is 11.8. The standard InChI is InChI=1S/C27H22N6O2S2/c34-24-20-12-16-36-22(20)30-26(32(24)18-8-3-1-4-9-18)28-14-7-15-29-27-31-23-21(13-17-37-23)25(35)33(27)19-10-5-2-6-11-19/h1-6,8-13,16-17H,7,14-15H2,(H,28,30)(H,29,31). The molecule has 0 atom stereocenters. The van der Waals surface area contributed by atoms with E-state index in [0.717, 1.165) is 11.4 Å². The highest BCUT2D eigenvalue weighted by molar-refractivity contribution is 7.17. The van der Waals surface area contributed by atoms with E-state index in [1.165, 1.54) is 22.7 Å². The number of anilines is 2. The molecule has 0 amide bonds. The van der Waals surface area contributed by atoms with Crippen molar-refractivity contribution in [2.75, 3.05) is 23.7 Å². The SMILES string of the molecule is O=c1c2ccsc2nc(NCCCNc2nc3sccc3c(=O)n2-c2ccccc2)n1-c1ccccc1. The minimum Gasteiger partial charge on any atom is -0.355 e. The number of aromatic nitrogens is 4. The molecule has 0 aliphatic carbocycles. The van der Waals surface area contributed by atoms with Crippen LogP contribution in [0.2, 0.25) is 0 Å². The third-order valence-corrected chi connectivity index (χ3v) is 7.56. The highest BCUT2D eigenvalue weighted by Gasteiger charge is 2.15. The molecule has 2 N–H and O–H groups in total. The molecule has 0 aliphatic rings. The van der Waals surface area contributed by atoms with Gasteiger partial charge in [0.1, 0.15) is 9.66 Å². The lowest BCUT2D eigenvalue weighted by Gasteiger charge is -2.15. The fraction of sp³-hybridized carbons (Fsp3) is 0.111. The molecule has 4 heterocycles. The molecule has 8 nitrogen and oxygen atoms in total. The van der Waals surface area contributed by atoms with Gasteiger partial charge in [-0.1, -0.05) is 36.4 Å². The zero-order valence-electron chi connectivity index (χ0n) is 19.6. The molecular formula is C27H22N6O2S2. The summed E-state index contributed by atoms with van der Waals surface area (Å²) in [5.41, 5.74) is 1.32. The second-order valence-electron chi connectivity index (χ2n) is 8.31. The van der Waals surface area contributed by atoms with Crippen LogP contribution in [0, 0.1) is 0 Å². The highest BCUT2D eigenvalue weighted by Crippen LogP contribution is 2.21. The van der Waals surface area contributed by atoms with Crippen molar-refractivity contribution in [3.05, 3.63) is 104 Å². The summed E-state index contributed by atoms with van der Waals surface area (Å²) in [5.74, 6) is 1.01. The molecule has 0 radical (unpaired) electrons. The van der Waals surface area contributed by atoms with Crippen molar-refractivity contribution in [3.63, 3.8) is 0 Å². The van der Waals surface area contributed by atoms with Crippen molar-refractivity contribution in [1.29, 1.82) is 0 Å².